The lowest BCUT2D eigenvalue weighted by Crippen LogP contribution is -2.51. The standard InChI is InChI=1S/C28H26N4O2/c33-27(20-30-28(34)23-11-10-21-12-13-29-19-24(21)18-23)32-16-14-31(15-17-32)26-9-5-4-8-25(26)22-6-2-1-3-7-22/h1-13,18-19H,14-17,20H2,(H,30,34). The summed E-state index contributed by atoms with van der Waals surface area (Å²) >= 11 is 0. The van der Waals surface area contributed by atoms with Crippen molar-refractivity contribution >= 4 is 28.3 Å². The van der Waals surface area contributed by atoms with Gasteiger partial charge in [0.2, 0.25) is 5.91 Å². The van der Waals surface area contributed by atoms with Gasteiger partial charge in [0.05, 0.1) is 6.54 Å². The molecule has 2 amide bonds. The summed E-state index contributed by atoms with van der Waals surface area (Å²) < 4.78 is 0. The number of aromatic nitrogens is 1. The fourth-order valence-electron chi connectivity index (χ4n) is 4.40. The average molecular weight is 451 g/mol. The van der Waals surface area contributed by atoms with E-state index in [1.165, 1.54) is 16.8 Å². The number of anilines is 1. The van der Waals surface area contributed by atoms with Gasteiger partial charge in [-0.2, -0.15) is 0 Å². The predicted molar refractivity (Wildman–Crippen MR) is 135 cm³/mol. The minimum Gasteiger partial charge on any atom is -0.367 e. The Bertz CT molecular complexity index is 1310. The van der Waals surface area contributed by atoms with Gasteiger partial charge in [-0.15, -0.1) is 0 Å². The monoisotopic (exact) mass is 450 g/mol. The van der Waals surface area contributed by atoms with E-state index in [0.717, 1.165) is 23.9 Å². The Balaban J connectivity index is 1.18. The Labute approximate surface area is 198 Å². The highest BCUT2D eigenvalue weighted by atomic mass is 16.2. The topological polar surface area (TPSA) is 65.5 Å². The molecule has 0 aliphatic carbocycles. The third kappa shape index (κ3) is 4.62. The molecule has 0 radical (unpaired) electrons. The first-order valence-corrected chi connectivity index (χ1v) is 11.5. The number of benzene rings is 3. The maximum atomic E-state index is 12.8. The zero-order valence-electron chi connectivity index (χ0n) is 18.9. The predicted octanol–water partition coefficient (Wildman–Crippen LogP) is 3.98. The van der Waals surface area contributed by atoms with E-state index in [1.807, 2.05) is 35.2 Å². The zero-order valence-corrected chi connectivity index (χ0v) is 18.9. The van der Waals surface area contributed by atoms with Gasteiger partial charge in [0.25, 0.3) is 5.91 Å². The lowest BCUT2D eigenvalue weighted by molar-refractivity contribution is -0.130. The summed E-state index contributed by atoms with van der Waals surface area (Å²) in [4.78, 5) is 33.6. The Kier molecular flexibility index (Phi) is 6.21. The number of piperazine rings is 1. The number of carbonyl (C=O) groups excluding carboxylic acids is 2. The highest BCUT2D eigenvalue weighted by Gasteiger charge is 2.23. The SMILES string of the molecule is O=C(NCC(=O)N1CCN(c2ccccc2-c2ccccc2)CC1)c1ccc2ccncc2c1. The van der Waals surface area contributed by atoms with Crippen molar-refractivity contribution in [3.05, 3.63) is 96.8 Å². The third-order valence-corrected chi connectivity index (χ3v) is 6.26. The molecule has 0 saturated carbocycles. The molecule has 170 valence electrons. The van der Waals surface area contributed by atoms with E-state index in [0.29, 0.717) is 18.7 Å². The molecule has 0 bridgehead atoms. The number of nitrogens with zero attached hydrogens (tertiary/aromatic N) is 3. The molecule has 1 aliphatic heterocycles. The number of hydrogen-bond donors (Lipinski definition) is 1. The van der Waals surface area contributed by atoms with Gasteiger partial charge in [0.15, 0.2) is 0 Å². The molecular formula is C28H26N4O2. The van der Waals surface area contributed by atoms with E-state index in [9.17, 15) is 9.59 Å². The van der Waals surface area contributed by atoms with Crippen LogP contribution in [0.5, 0.6) is 0 Å². The Morgan fingerprint density at radius 1 is 0.824 bits per heavy atom. The number of carbonyl (C=O) groups is 2. The first-order valence-electron chi connectivity index (χ1n) is 11.5. The number of pyridine rings is 1. The third-order valence-electron chi connectivity index (χ3n) is 6.26. The lowest BCUT2D eigenvalue weighted by Gasteiger charge is -2.37. The number of hydrogen-bond acceptors (Lipinski definition) is 4. The summed E-state index contributed by atoms with van der Waals surface area (Å²) in [6.45, 7) is 2.74. The van der Waals surface area contributed by atoms with Crippen LogP contribution in [0.2, 0.25) is 0 Å². The second-order valence-corrected chi connectivity index (χ2v) is 8.37. The fraction of sp³-hybridized carbons (Fsp3) is 0.179. The maximum absolute atomic E-state index is 12.8. The van der Waals surface area contributed by atoms with Gasteiger partial charge in [-0.25, -0.2) is 0 Å². The van der Waals surface area contributed by atoms with Crippen LogP contribution in [0.25, 0.3) is 21.9 Å². The van der Waals surface area contributed by atoms with Crippen molar-refractivity contribution in [3.8, 4) is 11.1 Å². The molecular weight excluding hydrogens is 424 g/mol. The number of amides is 2. The summed E-state index contributed by atoms with van der Waals surface area (Å²) in [5.74, 6) is -0.318. The largest absolute Gasteiger partial charge is 0.367 e. The van der Waals surface area contributed by atoms with Gasteiger partial charge in [0.1, 0.15) is 0 Å². The molecule has 0 unspecified atom stereocenters. The van der Waals surface area contributed by atoms with Gasteiger partial charge >= 0.3 is 0 Å². The van der Waals surface area contributed by atoms with Crippen LogP contribution in [0.3, 0.4) is 0 Å². The summed E-state index contributed by atoms with van der Waals surface area (Å²) in [5, 5.41) is 4.69. The van der Waals surface area contributed by atoms with Gasteiger partial charge in [-0.3, -0.25) is 14.6 Å². The fourth-order valence-corrected chi connectivity index (χ4v) is 4.40. The first-order chi connectivity index (χ1) is 16.7. The van der Waals surface area contributed by atoms with Crippen molar-refractivity contribution in [2.75, 3.05) is 37.6 Å². The van der Waals surface area contributed by atoms with Crippen molar-refractivity contribution in [1.82, 2.24) is 15.2 Å². The van der Waals surface area contributed by atoms with Crippen molar-refractivity contribution in [2.24, 2.45) is 0 Å². The van der Waals surface area contributed by atoms with Crippen LogP contribution in [-0.2, 0) is 4.79 Å². The van der Waals surface area contributed by atoms with Crippen LogP contribution in [-0.4, -0.2) is 54.4 Å². The summed E-state index contributed by atoms with van der Waals surface area (Å²) in [6.07, 6.45) is 3.45. The normalized spacial score (nSPS) is 13.6. The first kappa shape index (κ1) is 21.6. The molecule has 5 rings (SSSR count). The molecule has 4 aromatic rings. The number of nitrogens with one attached hydrogen (secondary N) is 1. The molecule has 6 nitrogen and oxygen atoms in total. The summed E-state index contributed by atoms with van der Waals surface area (Å²) in [7, 11) is 0. The molecule has 2 heterocycles. The quantitative estimate of drug-likeness (QED) is 0.500. The molecule has 1 N–H and O–H groups in total. The Hall–Kier alpha value is -4.19. The van der Waals surface area contributed by atoms with Crippen LogP contribution >= 0.6 is 0 Å². The Morgan fingerprint density at radius 3 is 2.41 bits per heavy atom. The van der Waals surface area contributed by atoms with E-state index in [1.54, 1.807) is 24.5 Å². The lowest BCUT2D eigenvalue weighted by atomic mass is 10.0. The van der Waals surface area contributed by atoms with Crippen molar-refractivity contribution in [2.45, 2.75) is 0 Å². The van der Waals surface area contributed by atoms with E-state index in [-0.39, 0.29) is 18.4 Å². The minimum atomic E-state index is -0.255. The second kappa shape index (κ2) is 9.75. The average Bonchev–Trinajstić information content (AvgIpc) is 2.92. The van der Waals surface area contributed by atoms with E-state index >= 15 is 0 Å². The summed E-state index contributed by atoms with van der Waals surface area (Å²) in [6, 6.07) is 26.1. The molecule has 0 atom stereocenters. The maximum Gasteiger partial charge on any atom is 0.251 e. The Morgan fingerprint density at radius 2 is 1.59 bits per heavy atom. The van der Waals surface area contributed by atoms with Gasteiger partial charge < -0.3 is 15.1 Å². The van der Waals surface area contributed by atoms with Crippen LogP contribution in [0.15, 0.2) is 91.3 Å². The molecule has 1 fully saturated rings. The zero-order chi connectivity index (χ0) is 23.3. The molecule has 6 heteroatoms. The van der Waals surface area contributed by atoms with Crippen LogP contribution in [0, 0.1) is 0 Å². The summed E-state index contributed by atoms with van der Waals surface area (Å²) in [5.41, 5.74) is 4.08. The molecule has 34 heavy (non-hydrogen) atoms. The van der Waals surface area contributed by atoms with E-state index in [4.69, 9.17) is 0 Å². The molecule has 1 saturated heterocycles. The van der Waals surface area contributed by atoms with E-state index in [2.05, 4.69) is 51.6 Å². The highest BCUT2D eigenvalue weighted by Crippen LogP contribution is 2.31. The van der Waals surface area contributed by atoms with E-state index < -0.39 is 0 Å². The molecule has 1 aliphatic rings. The minimum absolute atomic E-state index is 0.00941. The smallest absolute Gasteiger partial charge is 0.251 e. The van der Waals surface area contributed by atoms with Gasteiger partial charge in [0, 0.05) is 60.8 Å². The molecule has 0 spiro atoms. The number of para-hydroxylation sites is 1. The van der Waals surface area contributed by atoms with Crippen LogP contribution < -0.4 is 10.2 Å². The van der Waals surface area contributed by atoms with Crippen molar-refractivity contribution < 1.29 is 9.59 Å². The number of fused-ring (bicyclic) bond motifs is 1. The molecule has 3 aromatic carbocycles. The van der Waals surface area contributed by atoms with Crippen LogP contribution in [0.4, 0.5) is 5.69 Å². The molecule has 1 aromatic heterocycles. The van der Waals surface area contributed by atoms with Crippen molar-refractivity contribution in [1.29, 1.82) is 0 Å². The second-order valence-electron chi connectivity index (χ2n) is 8.37. The highest BCUT2D eigenvalue weighted by molar-refractivity contribution is 5.99. The number of rotatable bonds is 5. The van der Waals surface area contributed by atoms with Gasteiger partial charge in [-0.05, 0) is 35.2 Å². The van der Waals surface area contributed by atoms with Crippen LogP contribution in [0.1, 0.15) is 10.4 Å². The van der Waals surface area contributed by atoms with Crippen molar-refractivity contribution in [3.63, 3.8) is 0 Å². The van der Waals surface area contributed by atoms with Gasteiger partial charge in [-0.1, -0.05) is 54.6 Å².